The van der Waals surface area contributed by atoms with Crippen molar-refractivity contribution in [3.8, 4) is 11.3 Å². The van der Waals surface area contributed by atoms with Crippen LogP contribution in [0.25, 0.3) is 22.0 Å². The van der Waals surface area contributed by atoms with E-state index in [4.69, 9.17) is 0 Å². The molecule has 4 aromatic rings. The van der Waals surface area contributed by atoms with Gasteiger partial charge in [-0.1, -0.05) is 38.1 Å². The monoisotopic (exact) mass is 636 g/mol. The molecule has 0 amide bonds. The second-order valence-electron chi connectivity index (χ2n) is 9.50. The van der Waals surface area contributed by atoms with E-state index in [0.29, 0.717) is 0 Å². The second-order valence-corrected chi connectivity index (χ2v) is 9.50. The molecule has 1 radical (unpaired) electrons. The van der Waals surface area contributed by atoms with E-state index in [1.165, 1.54) is 27.6 Å². The van der Waals surface area contributed by atoms with E-state index < -0.39 is 0 Å². The van der Waals surface area contributed by atoms with Gasteiger partial charge in [-0.3, -0.25) is 0 Å². The van der Waals surface area contributed by atoms with Crippen LogP contribution in [0.3, 0.4) is 0 Å². The Hall–Kier alpha value is -3.07. The average molecular weight is 636 g/mol. The van der Waals surface area contributed by atoms with Crippen LogP contribution in [0.1, 0.15) is 43.4 Å². The van der Waals surface area contributed by atoms with E-state index in [2.05, 4.69) is 95.5 Å². The first-order chi connectivity index (χ1) is 16.5. The van der Waals surface area contributed by atoms with E-state index in [-0.39, 0.29) is 25.5 Å². The first-order valence-electron chi connectivity index (χ1n) is 11.8. The van der Waals surface area contributed by atoms with Crippen LogP contribution >= 0.6 is 0 Å². The summed E-state index contributed by atoms with van der Waals surface area (Å²) in [6, 6.07) is 27.6. The number of allylic oxidation sites excluding steroid dienone is 1. The predicted molar refractivity (Wildman–Crippen MR) is 143 cm³/mol. The standard InChI is InChI=1S/C18H14N.C13H15N2.Ir/c1-18(2)14-8-4-3-7-13(14)17-16-12(10-11-19-17)6-5-9-15(16)18;1-15(2)12-7-5-6-11(10-12)13-8-3-4-9-14-13;/h3-6,8-11H,1-2H3;4-5,7,9-10H,3,8H2,1-2H3;/q2*-1;. The number of nitrogens with zero attached hydrogens (tertiary/aromatic N) is 3. The van der Waals surface area contributed by atoms with Gasteiger partial charge in [0.25, 0.3) is 0 Å². The van der Waals surface area contributed by atoms with Gasteiger partial charge in [-0.25, -0.2) is 0 Å². The Morgan fingerprint density at radius 2 is 1.77 bits per heavy atom. The fraction of sp³-hybridized carbons (Fsp3) is 0.226. The third-order valence-electron chi connectivity index (χ3n) is 6.73. The van der Waals surface area contributed by atoms with Crippen molar-refractivity contribution in [2.24, 2.45) is 4.99 Å². The zero-order valence-electron chi connectivity index (χ0n) is 20.6. The molecular formula is C31H29IrN3-2. The van der Waals surface area contributed by atoms with Crippen molar-refractivity contribution in [2.45, 2.75) is 32.1 Å². The molecule has 0 fully saturated rings. The fourth-order valence-electron chi connectivity index (χ4n) is 4.84. The van der Waals surface area contributed by atoms with Gasteiger partial charge in [-0.2, -0.15) is 0 Å². The van der Waals surface area contributed by atoms with E-state index in [9.17, 15) is 0 Å². The van der Waals surface area contributed by atoms with Crippen molar-refractivity contribution in [1.29, 1.82) is 0 Å². The number of pyridine rings is 1. The Kier molecular flexibility index (Phi) is 7.35. The molecule has 1 aromatic heterocycles. The maximum atomic E-state index is 4.61. The molecule has 0 bridgehead atoms. The van der Waals surface area contributed by atoms with Crippen LogP contribution < -0.4 is 4.90 Å². The Bertz CT molecular complexity index is 1410. The molecule has 0 spiro atoms. The number of anilines is 1. The van der Waals surface area contributed by atoms with Crippen molar-refractivity contribution < 1.29 is 20.1 Å². The summed E-state index contributed by atoms with van der Waals surface area (Å²) < 4.78 is 0. The summed E-state index contributed by atoms with van der Waals surface area (Å²) in [5, 5.41) is 2.54. The third kappa shape index (κ3) is 4.74. The Morgan fingerprint density at radius 1 is 0.943 bits per heavy atom. The molecule has 0 atom stereocenters. The largest absolute Gasteiger partial charge is 0.394 e. The van der Waals surface area contributed by atoms with Crippen LogP contribution in [0, 0.1) is 12.1 Å². The molecule has 179 valence electrons. The maximum absolute atomic E-state index is 4.61. The van der Waals surface area contributed by atoms with Crippen LogP contribution in [0.2, 0.25) is 0 Å². The molecule has 0 saturated carbocycles. The molecule has 1 aliphatic heterocycles. The predicted octanol–water partition coefficient (Wildman–Crippen LogP) is 6.99. The minimum atomic E-state index is 0. The maximum Gasteiger partial charge on any atom is 0.0167 e. The normalized spacial score (nSPS) is 14.7. The molecule has 0 saturated heterocycles. The SMILES string of the molecule is CC1(C)c2ccc[c-]c2-c2nccc3cccc1c23.CN(C)c1cc[c-]c(C2=NC=CCC2)c1.[Ir]. The summed E-state index contributed by atoms with van der Waals surface area (Å²) in [5.41, 5.74) is 8.35. The van der Waals surface area contributed by atoms with Gasteiger partial charge >= 0.3 is 0 Å². The van der Waals surface area contributed by atoms with Gasteiger partial charge in [-0.15, -0.1) is 65.2 Å². The summed E-state index contributed by atoms with van der Waals surface area (Å²) in [7, 11) is 4.09. The summed E-state index contributed by atoms with van der Waals surface area (Å²) in [6.07, 6.45) is 7.97. The van der Waals surface area contributed by atoms with Crippen molar-refractivity contribution in [3.05, 3.63) is 108 Å². The van der Waals surface area contributed by atoms with Gasteiger partial charge in [-0.05, 0) is 57.8 Å². The molecule has 2 heterocycles. The van der Waals surface area contributed by atoms with Crippen molar-refractivity contribution in [1.82, 2.24) is 4.98 Å². The number of hydrogen-bond donors (Lipinski definition) is 0. The minimum Gasteiger partial charge on any atom is -0.394 e. The van der Waals surface area contributed by atoms with Crippen LogP contribution in [-0.4, -0.2) is 24.8 Å². The van der Waals surface area contributed by atoms with Gasteiger partial charge in [0, 0.05) is 46.6 Å². The van der Waals surface area contributed by atoms with E-state index in [0.717, 1.165) is 35.4 Å². The molecule has 3 aromatic carbocycles. The molecule has 35 heavy (non-hydrogen) atoms. The van der Waals surface area contributed by atoms with Gasteiger partial charge in [0.05, 0.1) is 0 Å². The van der Waals surface area contributed by atoms with Crippen molar-refractivity contribution in [3.63, 3.8) is 0 Å². The summed E-state index contributed by atoms with van der Waals surface area (Å²) in [4.78, 5) is 11.1. The molecule has 4 heteroatoms. The Morgan fingerprint density at radius 3 is 2.54 bits per heavy atom. The molecule has 1 aliphatic carbocycles. The molecule has 6 rings (SSSR count). The fourth-order valence-corrected chi connectivity index (χ4v) is 4.84. The minimum absolute atomic E-state index is 0. The van der Waals surface area contributed by atoms with Crippen LogP contribution in [-0.2, 0) is 25.5 Å². The van der Waals surface area contributed by atoms with Crippen LogP contribution in [0.4, 0.5) is 5.69 Å². The number of aliphatic imine (C=N–C) groups is 1. The smallest absolute Gasteiger partial charge is 0.0167 e. The van der Waals surface area contributed by atoms with Gasteiger partial charge in [0.1, 0.15) is 0 Å². The Labute approximate surface area is 222 Å². The van der Waals surface area contributed by atoms with Crippen molar-refractivity contribution >= 4 is 22.2 Å². The summed E-state index contributed by atoms with van der Waals surface area (Å²) >= 11 is 0. The van der Waals surface area contributed by atoms with Crippen LogP contribution in [0.15, 0.2) is 84.1 Å². The first kappa shape index (κ1) is 25.0. The number of fused-ring (bicyclic) bond motifs is 2. The zero-order valence-corrected chi connectivity index (χ0v) is 23.0. The third-order valence-corrected chi connectivity index (χ3v) is 6.73. The number of hydrogen-bond acceptors (Lipinski definition) is 3. The van der Waals surface area contributed by atoms with Gasteiger partial charge < -0.3 is 14.9 Å². The molecule has 0 N–H and O–H groups in total. The Balaban J connectivity index is 0.000000165. The van der Waals surface area contributed by atoms with E-state index in [1.54, 1.807) is 0 Å². The summed E-state index contributed by atoms with van der Waals surface area (Å²) in [6.45, 7) is 4.56. The topological polar surface area (TPSA) is 28.5 Å². The van der Waals surface area contributed by atoms with Crippen molar-refractivity contribution in [2.75, 3.05) is 19.0 Å². The zero-order chi connectivity index (χ0) is 23.7. The molecule has 0 unspecified atom stereocenters. The van der Waals surface area contributed by atoms with Gasteiger partial charge in [0.2, 0.25) is 0 Å². The van der Waals surface area contributed by atoms with Gasteiger partial charge in [0.15, 0.2) is 0 Å². The number of benzene rings is 3. The van der Waals surface area contributed by atoms with Crippen LogP contribution in [0.5, 0.6) is 0 Å². The first-order valence-corrected chi connectivity index (χ1v) is 11.8. The molecule has 2 aliphatic rings. The number of rotatable bonds is 2. The summed E-state index contributed by atoms with van der Waals surface area (Å²) in [5.74, 6) is 0. The second kappa shape index (κ2) is 10.3. The average Bonchev–Trinajstić information content (AvgIpc) is 2.88. The molecule has 3 nitrogen and oxygen atoms in total. The number of aromatic nitrogens is 1. The quantitative estimate of drug-likeness (QED) is 0.222. The van der Waals surface area contributed by atoms with E-state index in [1.807, 2.05) is 38.6 Å². The molecular weight excluding hydrogens is 607 g/mol. The van der Waals surface area contributed by atoms with E-state index >= 15 is 0 Å².